The fourth-order valence-electron chi connectivity index (χ4n) is 1.92. The first-order valence-corrected chi connectivity index (χ1v) is 7.20. The van der Waals surface area contributed by atoms with Crippen molar-refractivity contribution in [3.8, 4) is 0 Å². The van der Waals surface area contributed by atoms with Gasteiger partial charge in [-0.05, 0) is 40.1 Å². The summed E-state index contributed by atoms with van der Waals surface area (Å²) in [5.74, 6) is -0.364. The number of esters is 1. The highest BCUT2D eigenvalue weighted by Gasteiger charge is 2.12. The van der Waals surface area contributed by atoms with Gasteiger partial charge in [-0.3, -0.25) is 0 Å². The van der Waals surface area contributed by atoms with Gasteiger partial charge in [-0.1, -0.05) is 37.8 Å². The molecule has 0 saturated heterocycles. The number of benzene rings is 1. The fraction of sp³-hybridized carbons (Fsp3) is 0.188. The van der Waals surface area contributed by atoms with Crippen LogP contribution in [0.1, 0.15) is 23.8 Å². The van der Waals surface area contributed by atoms with Gasteiger partial charge in [0, 0.05) is 9.86 Å². The third-order valence-corrected chi connectivity index (χ3v) is 3.58. The van der Waals surface area contributed by atoms with Crippen molar-refractivity contribution in [2.45, 2.75) is 13.3 Å². The van der Waals surface area contributed by atoms with E-state index < -0.39 is 0 Å². The highest BCUT2D eigenvalue weighted by Crippen LogP contribution is 2.24. The van der Waals surface area contributed by atoms with Gasteiger partial charge in [-0.15, -0.1) is 0 Å². The Morgan fingerprint density at radius 3 is 2.95 bits per heavy atom. The Morgan fingerprint density at radius 1 is 1.50 bits per heavy atom. The first-order chi connectivity index (χ1) is 9.65. The van der Waals surface area contributed by atoms with Crippen LogP contribution in [0.3, 0.4) is 0 Å². The number of carbonyl (C=O) groups excluding carboxylic acids is 1. The van der Waals surface area contributed by atoms with Crippen molar-refractivity contribution in [2.24, 2.45) is 0 Å². The maximum absolute atomic E-state index is 12.0. The molecule has 1 aromatic carbocycles. The summed E-state index contributed by atoms with van der Waals surface area (Å²) in [4.78, 5) is 15.1. The average Bonchev–Trinajstić information content (AvgIpc) is 2.88. The minimum absolute atomic E-state index is 0.243. The molecular weight excluding hydrogens is 318 g/mol. The van der Waals surface area contributed by atoms with E-state index in [1.165, 1.54) is 0 Å². The summed E-state index contributed by atoms with van der Waals surface area (Å²) in [5.41, 5.74) is 2.26. The number of aromatic nitrogens is 1. The molecule has 1 aromatic heterocycles. The summed E-state index contributed by atoms with van der Waals surface area (Å²) in [7, 11) is 0. The molecule has 0 aliphatic heterocycles. The molecule has 0 radical (unpaired) electrons. The van der Waals surface area contributed by atoms with Crippen LogP contribution >= 0.6 is 15.9 Å². The number of hydrogen-bond donors (Lipinski definition) is 1. The third-order valence-electron chi connectivity index (χ3n) is 2.92. The van der Waals surface area contributed by atoms with Gasteiger partial charge in [0.25, 0.3) is 0 Å². The van der Waals surface area contributed by atoms with Crippen LogP contribution in [0, 0.1) is 0 Å². The van der Waals surface area contributed by atoms with Crippen LogP contribution in [-0.2, 0) is 4.74 Å². The first kappa shape index (κ1) is 14.6. The van der Waals surface area contributed by atoms with Crippen molar-refractivity contribution in [3.63, 3.8) is 0 Å². The van der Waals surface area contributed by atoms with E-state index in [9.17, 15) is 4.79 Å². The molecule has 3 nitrogen and oxygen atoms in total. The highest BCUT2D eigenvalue weighted by molar-refractivity contribution is 9.10. The molecule has 0 aliphatic rings. The first-order valence-electron chi connectivity index (χ1n) is 6.41. The SMILES string of the molecule is C=C/C(=C\CC)COC(=O)c1cc2cccc(Br)c2[nH]1. The van der Waals surface area contributed by atoms with Crippen molar-refractivity contribution in [1.29, 1.82) is 0 Å². The van der Waals surface area contributed by atoms with Crippen LogP contribution in [0.15, 0.2) is 53.0 Å². The van der Waals surface area contributed by atoms with Gasteiger partial charge < -0.3 is 9.72 Å². The van der Waals surface area contributed by atoms with Crippen LogP contribution in [0.4, 0.5) is 0 Å². The van der Waals surface area contributed by atoms with E-state index in [0.29, 0.717) is 5.69 Å². The minimum atomic E-state index is -0.364. The van der Waals surface area contributed by atoms with Crippen LogP contribution in [0.25, 0.3) is 10.9 Å². The molecule has 0 amide bonds. The average molecular weight is 334 g/mol. The number of H-pyrrole nitrogens is 1. The molecule has 104 valence electrons. The second-order valence-corrected chi connectivity index (χ2v) is 5.21. The lowest BCUT2D eigenvalue weighted by Gasteiger charge is -2.03. The monoisotopic (exact) mass is 333 g/mol. The number of fused-ring (bicyclic) bond motifs is 1. The smallest absolute Gasteiger partial charge is 0.355 e. The molecule has 2 rings (SSSR count). The number of ether oxygens (including phenoxy) is 1. The molecule has 0 spiro atoms. The lowest BCUT2D eigenvalue weighted by Crippen LogP contribution is -2.07. The van der Waals surface area contributed by atoms with Gasteiger partial charge in [0.05, 0.1) is 5.52 Å². The summed E-state index contributed by atoms with van der Waals surface area (Å²) in [5, 5.41) is 0.972. The molecule has 0 bridgehead atoms. The fourth-order valence-corrected chi connectivity index (χ4v) is 2.40. The predicted molar refractivity (Wildman–Crippen MR) is 84.9 cm³/mol. The van der Waals surface area contributed by atoms with Crippen molar-refractivity contribution in [1.82, 2.24) is 4.98 Å². The summed E-state index contributed by atoms with van der Waals surface area (Å²) < 4.78 is 6.20. The molecule has 0 saturated carbocycles. The Kier molecular flexibility index (Phi) is 4.79. The zero-order valence-electron chi connectivity index (χ0n) is 11.3. The zero-order valence-corrected chi connectivity index (χ0v) is 12.9. The van der Waals surface area contributed by atoms with E-state index in [1.807, 2.05) is 31.2 Å². The number of allylic oxidation sites excluding steroid dienone is 1. The molecule has 0 atom stereocenters. The van der Waals surface area contributed by atoms with E-state index in [0.717, 1.165) is 27.4 Å². The summed E-state index contributed by atoms with van der Waals surface area (Å²) in [6.45, 7) is 5.97. The third kappa shape index (κ3) is 3.20. The maximum Gasteiger partial charge on any atom is 0.355 e. The number of carbonyl (C=O) groups is 1. The minimum Gasteiger partial charge on any atom is -0.456 e. The topological polar surface area (TPSA) is 42.1 Å². The van der Waals surface area contributed by atoms with E-state index in [1.54, 1.807) is 12.1 Å². The zero-order chi connectivity index (χ0) is 14.5. The van der Waals surface area contributed by atoms with Gasteiger partial charge in [0.15, 0.2) is 0 Å². The quantitative estimate of drug-likeness (QED) is 0.641. The van der Waals surface area contributed by atoms with Gasteiger partial charge in [-0.25, -0.2) is 4.79 Å². The van der Waals surface area contributed by atoms with Crippen molar-refractivity contribution >= 4 is 32.8 Å². The van der Waals surface area contributed by atoms with E-state index >= 15 is 0 Å². The van der Waals surface area contributed by atoms with Gasteiger partial charge in [-0.2, -0.15) is 0 Å². The Labute approximate surface area is 126 Å². The van der Waals surface area contributed by atoms with E-state index in [2.05, 4.69) is 27.5 Å². The molecule has 4 heteroatoms. The molecular formula is C16H16BrNO2. The molecule has 1 N–H and O–H groups in total. The molecule has 0 unspecified atom stereocenters. The Bertz CT molecular complexity index is 670. The summed E-state index contributed by atoms with van der Waals surface area (Å²) >= 11 is 3.45. The molecule has 20 heavy (non-hydrogen) atoms. The molecule has 2 aromatic rings. The predicted octanol–water partition coefficient (Wildman–Crippen LogP) is 4.61. The second-order valence-electron chi connectivity index (χ2n) is 4.35. The maximum atomic E-state index is 12.0. The van der Waals surface area contributed by atoms with Gasteiger partial charge in [0.1, 0.15) is 12.3 Å². The highest BCUT2D eigenvalue weighted by atomic mass is 79.9. The number of aromatic amines is 1. The largest absolute Gasteiger partial charge is 0.456 e. The summed E-state index contributed by atoms with van der Waals surface area (Å²) in [6, 6.07) is 7.59. The number of hydrogen-bond acceptors (Lipinski definition) is 2. The van der Waals surface area contributed by atoms with Gasteiger partial charge in [0.2, 0.25) is 0 Å². The van der Waals surface area contributed by atoms with E-state index in [-0.39, 0.29) is 12.6 Å². The number of para-hydroxylation sites is 1. The van der Waals surface area contributed by atoms with Gasteiger partial charge >= 0.3 is 5.97 Å². The number of halogens is 1. The number of nitrogens with one attached hydrogen (secondary N) is 1. The van der Waals surface area contributed by atoms with Crippen LogP contribution in [-0.4, -0.2) is 17.6 Å². The molecule has 0 fully saturated rings. The van der Waals surface area contributed by atoms with Crippen LogP contribution in [0.5, 0.6) is 0 Å². The van der Waals surface area contributed by atoms with Crippen LogP contribution < -0.4 is 0 Å². The second kappa shape index (κ2) is 6.57. The molecule has 1 heterocycles. The van der Waals surface area contributed by atoms with Crippen LogP contribution in [0.2, 0.25) is 0 Å². The Hall–Kier alpha value is -1.81. The standard InChI is InChI=1S/C16H16BrNO2/c1-3-6-11(4-2)10-20-16(19)14-9-12-7-5-8-13(17)15(12)18-14/h4-9,18H,2-3,10H2,1H3/b11-6+. The lowest BCUT2D eigenvalue weighted by atomic mass is 10.2. The van der Waals surface area contributed by atoms with Crippen molar-refractivity contribution in [2.75, 3.05) is 6.61 Å². The van der Waals surface area contributed by atoms with E-state index in [4.69, 9.17) is 4.74 Å². The molecule has 0 aliphatic carbocycles. The summed E-state index contributed by atoms with van der Waals surface area (Å²) in [6.07, 6.45) is 4.58. The Morgan fingerprint density at radius 2 is 2.30 bits per heavy atom. The number of rotatable bonds is 5. The van der Waals surface area contributed by atoms with Crippen molar-refractivity contribution < 1.29 is 9.53 Å². The normalized spacial score (nSPS) is 11.6. The Balaban J connectivity index is 2.14. The lowest BCUT2D eigenvalue weighted by molar-refractivity contribution is 0.0537. The van der Waals surface area contributed by atoms with Crippen molar-refractivity contribution in [3.05, 3.63) is 58.7 Å².